The first kappa shape index (κ1) is 20.4. The minimum Gasteiger partial charge on any atom is -0.353 e. The Bertz CT molecular complexity index is 967. The zero-order chi connectivity index (χ0) is 20.2. The monoisotopic (exact) mass is 471 g/mol. The lowest BCUT2D eigenvalue weighted by molar-refractivity contribution is -0.126. The van der Waals surface area contributed by atoms with Crippen LogP contribution >= 0.6 is 27.3 Å². The summed E-state index contributed by atoms with van der Waals surface area (Å²) in [6.45, 7) is 3.88. The van der Waals surface area contributed by atoms with Gasteiger partial charge in [-0.2, -0.15) is 0 Å². The third kappa shape index (κ3) is 5.17. The molecule has 3 aromatic rings. The molecule has 0 saturated carbocycles. The Morgan fingerprint density at radius 2 is 2.00 bits per heavy atom. The molecule has 29 heavy (non-hydrogen) atoms. The van der Waals surface area contributed by atoms with Crippen LogP contribution in [0.5, 0.6) is 0 Å². The first-order chi connectivity index (χ1) is 14.1. The molecule has 2 heterocycles. The van der Waals surface area contributed by atoms with E-state index >= 15 is 0 Å². The summed E-state index contributed by atoms with van der Waals surface area (Å²) in [7, 11) is 0. The van der Waals surface area contributed by atoms with Crippen molar-refractivity contribution in [1.82, 2.24) is 10.3 Å². The summed E-state index contributed by atoms with van der Waals surface area (Å²) in [6.07, 6.45) is 3.73. The molecule has 1 aliphatic rings. The van der Waals surface area contributed by atoms with Gasteiger partial charge in [0.2, 0.25) is 5.91 Å². The van der Waals surface area contributed by atoms with E-state index in [1.807, 2.05) is 12.1 Å². The number of anilines is 1. The molecule has 0 spiro atoms. The second kappa shape index (κ2) is 9.26. The third-order valence-corrected chi connectivity index (χ3v) is 7.15. The first-order valence-corrected chi connectivity index (χ1v) is 11.8. The van der Waals surface area contributed by atoms with Gasteiger partial charge in [-0.1, -0.05) is 57.6 Å². The zero-order valence-electron chi connectivity index (χ0n) is 16.6. The van der Waals surface area contributed by atoms with Gasteiger partial charge in [-0.25, -0.2) is 4.98 Å². The van der Waals surface area contributed by atoms with Gasteiger partial charge >= 0.3 is 0 Å². The van der Waals surface area contributed by atoms with Crippen molar-refractivity contribution in [2.45, 2.75) is 38.6 Å². The molecule has 1 saturated heterocycles. The van der Waals surface area contributed by atoms with Crippen LogP contribution in [0.4, 0.5) is 5.13 Å². The lowest BCUT2D eigenvalue weighted by Gasteiger charge is -2.31. The van der Waals surface area contributed by atoms with Crippen molar-refractivity contribution in [2.75, 3.05) is 18.0 Å². The number of carbonyl (C=O) groups excluding carboxylic acids is 1. The summed E-state index contributed by atoms with van der Waals surface area (Å²) >= 11 is 5.25. The third-order valence-electron chi connectivity index (χ3n) is 5.57. The standard InChI is InChI=1S/C23H26BrN3OS/c1-16(7-8-17-5-3-2-4-6-17)25-22(28)18-11-13-27(14-12-18)23-26-20-10-9-19(24)15-21(20)29-23/h2-6,9-10,15-16,18H,7-8,11-14H2,1H3,(H,25,28). The molecule has 0 bridgehead atoms. The fourth-order valence-corrected chi connectivity index (χ4v) is 5.38. The van der Waals surface area contributed by atoms with Crippen LogP contribution in [-0.4, -0.2) is 30.0 Å². The van der Waals surface area contributed by atoms with Crippen LogP contribution in [0.15, 0.2) is 53.0 Å². The quantitative estimate of drug-likeness (QED) is 0.522. The second-order valence-corrected chi connectivity index (χ2v) is 9.73. The number of piperidine rings is 1. The van der Waals surface area contributed by atoms with Gasteiger partial charge in [-0.15, -0.1) is 0 Å². The molecule has 1 fully saturated rings. The van der Waals surface area contributed by atoms with E-state index in [4.69, 9.17) is 4.98 Å². The van der Waals surface area contributed by atoms with E-state index in [1.165, 1.54) is 10.3 Å². The van der Waals surface area contributed by atoms with Crippen molar-refractivity contribution in [2.24, 2.45) is 5.92 Å². The van der Waals surface area contributed by atoms with Gasteiger partial charge in [0.25, 0.3) is 0 Å². The molecule has 0 radical (unpaired) electrons. The van der Waals surface area contributed by atoms with Crippen molar-refractivity contribution in [3.63, 3.8) is 0 Å². The smallest absolute Gasteiger partial charge is 0.223 e. The minimum atomic E-state index is 0.106. The summed E-state index contributed by atoms with van der Waals surface area (Å²) in [5, 5.41) is 4.29. The Labute approximate surface area is 184 Å². The molecule has 6 heteroatoms. The van der Waals surface area contributed by atoms with Crippen molar-refractivity contribution in [1.29, 1.82) is 0 Å². The number of thiazole rings is 1. The van der Waals surface area contributed by atoms with E-state index in [-0.39, 0.29) is 17.9 Å². The molecule has 1 amide bonds. The van der Waals surface area contributed by atoms with Gasteiger partial charge in [0, 0.05) is 29.5 Å². The molecular weight excluding hydrogens is 446 g/mol. The number of aromatic nitrogens is 1. The predicted molar refractivity (Wildman–Crippen MR) is 125 cm³/mol. The summed E-state index contributed by atoms with van der Waals surface area (Å²) in [5.41, 5.74) is 2.37. The van der Waals surface area contributed by atoms with Gasteiger partial charge in [0.15, 0.2) is 5.13 Å². The number of benzene rings is 2. The number of hydrogen-bond donors (Lipinski definition) is 1. The summed E-state index contributed by atoms with van der Waals surface area (Å²) in [4.78, 5) is 19.8. The topological polar surface area (TPSA) is 45.2 Å². The minimum absolute atomic E-state index is 0.106. The maximum Gasteiger partial charge on any atom is 0.223 e. The van der Waals surface area contributed by atoms with E-state index < -0.39 is 0 Å². The molecule has 1 aromatic heterocycles. The van der Waals surface area contributed by atoms with Crippen LogP contribution in [0.25, 0.3) is 10.2 Å². The SMILES string of the molecule is CC(CCc1ccccc1)NC(=O)C1CCN(c2nc3ccc(Br)cc3s2)CC1. The molecule has 0 aliphatic carbocycles. The molecule has 152 valence electrons. The number of rotatable bonds is 6. The van der Waals surface area contributed by atoms with Crippen molar-refractivity contribution >= 4 is 48.5 Å². The zero-order valence-corrected chi connectivity index (χ0v) is 19.0. The molecule has 1 aliphatic heterocycles. The highest BCUT2D eigenvalue weighted by Gasteiger charge is 2.27. The number of nitrogens with zero attached hydrogens (tertiary/aromatic N) is 2. The van der Waals surface area contributed by atoms with Crippen LogP contribution in [-0.2, 0) is 11.2 Å². The van der Waals surface area contributed by atoms with Crippen LogP contribution in [0.1, 0.15) is 31.7 Å². The predicted octanol–water partition coefficient (Wildman–Crippen LogP) is 5.41. The summed E-state index contributed by atoms with van der Waals surface area (Å²) < 4.78 is 2.28. The number of nitrogens with one attached hydrogen (secondary N) is 1. The van der Waals surface area contributed by atoms with Crippen molar-refractivity contribution in [3.8, 4) is 0 Å². The van der Waals surface area contributed by atoms with Gasteiger partial charge in [0.1, 0.15) is 0 Å². The lowest BCUT2D eigenvalue weighted by Crippen LogP contribution is -2.43. The number of aryl methyl sites for hydroxylation is 1. The van der Waals surface area contributed by atoms with Gasteiger partial charge < -0.3 is 10.2 Å². The van der Waals surface area contributed by atoms with E-state index in [0.29, 0.717) is 0 Å². The summed E-state index contributed by atoms with van der Waals surface area (Å²) in [6, 6.07) is 16.9. The molecule has 1 N–H and O–H groups in total. The maximum absolute atomic E-state index is 12.7. The van der Waals surface area contributed by atoms with E-state index in [2.05, 4.69) is 69.5 Å². The largest absolute Gasteiger partial charge is 0.353 e. The number of carbonyl (C=O) groups is 1. The number of amides is 1. The highest BCUT2D eigenvalue weighted by molar-refractivity contribution is 9.10. The van der Waals surface area contributed by atoms with Gasteiger partial charge in [-0.05, 0) is 56.4 Å². The summed E-state index contributed by atoms with van der Waals surface area (Å²) in [5.74, 6) is 0.312. The van der Waals surface area contributed by atoms with Gasteiger partial charge in [-0.3, -0.25) is 4.79 Å². The van der Waals surface area contributed by atoms with Crippen LogP contribution < -0.4 is 10.2 Å². The molecule has 4 rings (SSSR count). The number of hydrogen-bond acceptors (Lipinski definition) is 4. The van der Waals surface area contributed by atoms with Crippen molar-refractivity contribution < 1.29 is 4.79 Å². The van der Waals surface area contributed by atoms with Crippen LogP contribution in [0.3, 0.4) is 0 Å². The number of halogens is 1. The highest BCUT2D eigenvalue weighted by Crippen LogP contribution is 2.33. The average molecular weight is 472 g/mol. The first-order valence-electron chi connectivity index (χ1n) is 10.2. The molecular formula is C23H26BrN3OS. The fraction of sp³-hybridized carbons (Fsp3) is 0.391. The highest BCUT2D eigenvalue weighted by atomic mass is 79.9. The normalized spacial score (nSPS) is 16.1. The molecule has 1 atom stereocenters. The van der Waals surface area contributed by atoms with Crippen LogP contribution in [0, 0.1) is 5.92 Å². The Hall–Kier alpha value is -1.92. The maximum atomic E-state index is 12.7. The van der Waals surface area contributed by atoms with E-state index in [0.717, 1.165) is 53.9 Å². The Morgan fingerprint density at radius 3 is 2.76 bits per heavy atom. The molecule has 2 aromatic carbocycles. The average Bonchev–Trinajstić information content (AvgIpc) is 3.16. The fourth-order valence-electron chi connectivity index (χ4n) is 3.82. The Kier molecular flexibility index (Phi) is 6.50. The Morgan fingerprint density at radius 1 is 1.24 bits per heavy atom. The Balaban J connectivity index is 1.26. The van der Waals surface area contributed by atoms with E-state index in [9.17, 15) is 4.79 Å². The van der Waals surface area contributed by atoms with Gasteiger partial charge in [0.05, 0.1) is 10.2 Å². The second-order valence-electron chi connectivity index (χ2n) is 7.80. The van der Waals surface area contributed by atoms with E-state index in [1.54, 1.807) is 11.3 Å². The lowest BCUT2D eigenvalue weighted by atomic mass is 9.95. The molecule has 1 unspecified atom stereocenters. The molecule has 4 nitrogen and oxygen atoms in total. The van der Waals surface area contributed by atoms with Crippen molar-refractivity contribution in [3.05, 3.63) is 58.6 Å². The number of fused-ring (bicyclic) bond motifs is 1. The van der Waals surface area contributed by atoms with Crippen LogP contribution in [0.2, 0.25) is 0 Å².